The minimum absolute atomic E-state index is 0.0290. The largest absolute Gasteiger partial charge is 0.495 e. The van der Waals surface area contributed by atoms with E-state index >= 15 is 0 Å². The van der Waals surface area contributed by atoms with Gasteiger partial charge in [0.1, 0.15) is 22.9 Å². The van der Waals surface area contributed by atoms with Crippen LogP contribution in [0.1, 0.15) is 37.7 Å². The third kappa shape index (κ3) is 5.85. The van der Waals surface area contributed by atoms with Gasteiger partial charge in [-0.05, 0) is 62.1 Å². The van der Waals surface area contributed by atoms with E-state index in [1.165, 1.54) is 26.4 Å². The second kappa shape index (κ2) is 9.97. The number of benzene rings is 2. The number of alkyl halides is 3. The molecule has 4 rings (SSSR count). The molecule has 0 atom stereocenters. The van der Waals surface area contributed by atoms with Crippen molar-refractivity contribution in [3.05, 3.63) is 60.3 Å². The summed E-state index contributed by atoms with van der Waals surface area (Å²) < 4.78 is 51.9. The van der Waals surface area contributed by atoms with Gasteiger partial charge in [-0.25, -0.2) is 4.98 Å². The van der Waals surface area contributed by atoms with Crippen molar-refractivity contribution in [2.75, 3.05) is 17.7 Å². The number of rotatable bonds is 7. The zero-order valence-electron chi connectivity index (χ0n) is 18.2. The van der Waals surface area contributed by atoms with Gasteiger partial charge in [0, 0.05) is 11.9 Å². The molecule has 0 spiro atoms. The van der Waals surface area contributed by atoms with Crippen molar-refractivity contribution < 1.29 is 22.6 Å². The molecule has 0 radical (unpaired) electrons. The quantitative estimate of drug-likeness (QED) is 0.411. The van der Waals surface area contributed by atoms with Crippen molar-refractivity contribution in [1.82, 2.24) is 9.97 Å². The van der Waals surface area contributed by atoms with Gasteiger partial charge in [-0.2, -0.15) is 18.2 Å². The van der Waals surface area contributed by atoms with Crippen LogP contribution in [0.4, 0.5) is 36.3 Å². The number of para-hydroxylation sites is 2. The zero-order chi connectivity index (χ0) is 23.3. The first-order valence-corrected chi connectivity index (χ1v) is 10.8. The van der Waals surface area contributed by atoms with Gasteiger partial charge in [-0.15, -0.1) is 0 Å². The summed E-state index contributed by atoms with van der Waals surface area (Å²) in [5.41, 5.74) is 0.0172. The lowest BCUT2D eigenvalue weighted by Crippen LogP contribution is -2.19. The van der Waals surface area contributed by atoms with Crippen LogP contribution in [0.5, 0.6) is 11.5 Å². The van der Waals surface area contributed by atoms with Crippen molar-refractivity contribution >= 4 is 23.1 Å². The predicted molar refractivity (Wildman–Crippen MR) is 121 cm³/mol. The van der Waals surface area contributed by atoms with Crippen molar-refractivity contribution in [3.8, 4) is 11.5 Å². The molecule has 9 heteroatoms. The van der Waals surface area contributed by atoms with Crippen LogP contribution in [0.3, 0.4) is 0 Å². The smallest absolute Gasteiger partial charge is 0.421 e. The Morgan fingerprint density at radius 1 is 0.939 bits per heavy atom. The third-order valence-corrected chi connectivity index (χ3v) is 5.42. The molecule has 33 heavy (non-hydrogen) atoms. The molecule has 0 saturated heterocycles. The molecule has 0 amide bonds. The topological polar surface area (TPSA) is 68.3 Å². The maximum atomic E-state index is 13.5. The Bertz CT molecular complexity index is 1070. The Morgan fingerprint density at radius 3 is 2.36 bits per heavy atom. The molecule has 174 valence electrons. The fourth-order valence-corrected chi connectivity index (χ4v) is 3.74. The molecule has 1 fully saturated rings. The Kier molecular flexibility index (Phi) is 6.86. The van der Waals surface area contributed by atoms with Gasteiger partial charge in [0.15, 0.2) is 0 Å². The molecule has 2 aromatic carbocycles. The van der Waals surface area contributed by atoms with Crippen LogP contribution in [0, 0.1) is 0 Å². The van der Waals surface area contributed by atoms with E-state index < -0.39 is 11.7 Å². The summed E-state index contributed by atoms with van der Waals surface area (Å²) >= 11 is 0. The molecule has 1 aliphatic rings. The molecule has 0 aliphatic heterocycles. The maximum Gasteiger partial charge on any atom is 0.421 e. The van der Waals surface area contributed by atoms with Gasteiger partial charge in [0.25, 0.3) is 0 Å². The van der Waals surface area contributed by atoms with E-state index in [9.17, 15) is 13.2 Å². The highest BCUT2D eigenvalue weighted by Crippen LogP contribution is 2.37. The van der Waals surface area contributed by atoms with Crippen LogP contribution in [-0.2, 0) is 6.18 Å². The Labute approximate surface area is 190 Å². The summed E-state index contributed by atoms with van der Waals surface area (Å²) in [5.74, 6) is 0.815. The number of hydrogen-bond donors (Lipinski definition) is 2. The standard InChI is InChI=1S/C24H25F3N4O2/c1-32-21-10-6-5-9-20(21)30-22-19(24(25,26)27)15-28-23(31-22)29-16-11-13-18(14-12-16)33-17-7-3-2-4-8-17/h5-6,9-15,17H,2-4,7-8H2,1H3,(H2,28,29,30,31). The normalized spacial score (nSPS) is 14.5. The first-order valence-electron chi connectivity index (χ1n) is 10.8. The summed E-state index contributed by atoms with van der Waals surface area (Å²) in [6.45, 7) is 0. The second-order valence-corrected chi connectivity index (χ2v) is 7.81. The van der Waals surface area contributed by atoms with Crippen molar-refractivity contribution in [2.45, 2.75) is 44.4 Å². The summed E-state index contributed by atoms with van der Waals surface area (Å²) in [7, 11) is 1.44. The lowest BCUT2D eigenvalue weighted by atomic mass is 9.98. The maximum absolute atomic E-state index is 13.5. The summed E-state index contributed by atoms with van der Waals surface area (Å²) in [6, 6.07) is 13.9. The predicted octanol–water partition coefficient (Wildman–Crippen LogP) is 6.70. The fraction of sp³-hybridized carbons (Fsp3) is 0.333. The number of nitrogens with one attached hydrogen (secondary N) is 2. The molecule has 0 unspecified atom stereocenters. The minimum Gasteiger partial charge on any atom is -0.495 e. The third-order valence-electron chi connectivity index (χ3n) is 5.42. The van der Waals surface area contributed by atoms with Crippen molar-refractivity contribution in [1.29, 1.82) is 0 Å². The molecule has 1 heterocycles. The van der Waals surface area contributed by atoms with Gasteiger partial charge in [0.2, 0.25) is 5.95 Å². The Hall–Kier alpha value is -3.49. The van der Waals surface area contributed by atoms with Crippen LogP contribution in [0.25, 0.3) is 0 Å². The number of hydrogen-bond acceptors (Lipinski definition) is 6. The lowest BCUT2D eigenvalue weighted by molar-refractivity contribution is -0.137. The van der Waals surface area contributed by atoms with Crippen molar-refractivity contribution in [2.24, 2.45) is 0 Å². The van der Waals surface area contributed by atoms with E-state index in [0.717, 1.165) is 24.8 Å². The van der Waals surface area contributed by atoms with E-state index in [0.29, 0.717) is 17.1 Å². The van der Waals surface area contributed by atoms with E-state index in [2.05, 4.69) is 20.6 Å². The molecule has 1 aliphatic carbocycles. The second-order valence-electron chi connectivity index (χ2n) is 7.81. The van der Waals surface area contributed by atoms with E-state index in [-0.39, 0.29) is 17.9 Å². The molecule has 0 bridgehead atoms. The monoisotopic (exact) mass is 458 g/mol. The van der Waals surface area contributed by atoms with E-state index in [1.807, 2.05) is 12.1 Å². The Morgan fingerprint density at radius 2 is 1.67 bits per heavy atom. The number of anilines is 4. The van der Waals surface area contributed by atoms with Gasteiger partial charge in [-0.1, -0.05) is 18.6 Å². The zero-order valence-corrected chi connectivity index (χ0v) is 18.2. The first kappa shape index (κ1) is 22.7. The van der Waals surface area contributed by atoms with Gasteiger partial charge in [0.05, 0.1) is 18.9 Å². The molecule has 2 N–H and O–H groups in total. The molecular weight excluding hydrogens is 433 g/mol. The number of nitrogens with zero attached hydrogens (tertiary/aromatic N) is 2. The lowest BCUT2D eigenvalue weighted by Gasteiger charge is -2.23. The van der Waals surface area contributed by atoms with Crippen molar-refractivity contribution in [3.63, 3.8) is 0 Å². The number of ether oxygens (including phenoxy) is 2. The fourth-order valence-electron chi connectivity index (χ4n) is 3.74. The van der Waals surface area contributed by atoms with E-state index in [1.54, 1.807) is 36.4 Å². The first-order chi connectivity index (χ1) is 15.9. The average Bonchev–Trinajstić information content (AvgIpc) is 2.81. The average molecular weight is 458 g/mol. The highest BCUT2D eigenvalue weighted by molar-refractivity contribution is 5.67. The van der Waals surface area contributed by atoms with Crippen LogP contribution in [0.15, 0.2) is 54.7 Å². The molecular formula is C24H25F3N4O2. The number of methoxy groups -OCH3 is 1. The number of halogens is 3. The van der Waals surface area contributed by atoms with E-state index in [4.69, 9.17) is 9.47 Å². The summed E-state index contributed by atoms with van der Waals surface area (Å²) in [6.07, 6.45) is 2.10. The minimum atomic E-state index is -4.62. The summed E-state index contributed by atoms with van der Waals surface area (Å²) in [4.78, 5) is 7.94. The van der Waals surface area contributed by atoms with Crippen LogP contribution < -0.4 is 20.1 Å². The van der Waals surface area contributed by atoms with Crippen LogP contribution >= 0.6 is 0 Å². The Balaban J connectivity index is 1.52. The van der Waals surface area contributed by atoms with Crippen LogP contribution in [0.2, 0.25) is 0 Å². The molecule has 6 nitrogen and oxygen atoms in total. The number of aromatic nitrogens is 2. The molecule has 3 aromatic rings. The highest BCUT2D eigenvalue weighted by Gasteiger charge is 2.35. The van der Waals surface area contributed by atoms with Gasteiger partial charge < -0.3 is 20.1 Å². The van der Waals surface area contributed by atoms with Gasteiger partial charge in [-0.3, -0.25) is 0 Å². The highest BCUT2D eigenvalue weighted by atomic mass is 19.4. The van der Waals surface area contributed by atoms with Gasteiger partial charge >= 0.3 is 6.18 Å². The van der Waals surface area contributed by atoms with Crippen LogP contribution in [-0.4, -0.2) is 23.2 Å². The summed E-state index contributed by atoms with van der Waals surface area (Å²) in [5, 5.41) is 5.68. The molecule has 1 saturated carbocycles. The molecule has 1 aromatic heterocycles. The SMILES string of the molecule is COc1ccccc1Nc1nc(Nc2ccc(OC3CCCCC3)cc2)ncc1C(F)(F)F.